The first kappa shape index (κ1) is 17.4. The molecule has 0 bridgehead atoms. The molecular weight excluding hydrogens is 302 g/mol. The van der Waals surface area contributed by atoms with Crippen molar-refractivity contribution in [1.29, 1.82) is 0 Å². The highest BCUT2D eigenvalue weighted by atomic mass is 19.4. The van der Waals surface area contributed by atoms with Gasteiger partial charge in [-0.1, -0.05) is 24.8 Å². The van der Waals surface area contributed by atoms with Gasteiger partial charge in [-0.3, -0.25) is 4.74 Å². The van der Waals surface area contributed by atoms with Crippen LogP contribution in [0.3, 0.4) is 0 Å². The molecule has 0 heterocycles. The number of halogens is 6. The van der Waals surface area contributed by atoms with Gasteiger partial charge in [0.1, 0.15) is 5.75 Å². The summed E-state index contributed by atoms with van der Waals surface area (Å²) in [5.74, 6) is 0.0677. The Hall–Kier alpha value is -1.70. The zero-order valence-corrected chi connectivity index (χ0v) is 10.8. The van der Waals surface area contributed by atoms with Crippen LogP contribution >= 0.6 is 0 Å². The van der Waals surface area contributed by atoms with Crippen LogP contribution in [-0.2, 0) is 4.74 Å². The molecule has 2 atom stereocenters. The van der Waals surface area contributed by atoms with E-state index in [4.69, 9.17) is 4.74 Å². The maximum atomic E-state index is 13.0. The molecule has 8 heteroatoms. The molecule has 1 aromatic carbocycles. The smallest absolute Gasteiger partial charge is 0.428 e. The normalized spacial score (nSPS) is 15.4. The summed E-state index contributed by atoms with van der Waals surface area (Å²) < 4.78 is 83.0. The van der Waals surface area contributed by atoms with Crippen LogP contribution in [0.5, 0.6) is 5.75 Å². The van der Waals surface area contributed by atoms with Gasteiger partial charge in [-0.2, -0.15) is 22.0 Å². The molecule has 0 aliphatic rings. The quantitative estimate of drug-likeness (QED) is 0.566. The summed E-state index contributed by atoms with van der Waals surface area (Å²) in [6.07, 6.45) is -15.6. The SMILES string of the molecule is C=Cc1cccc(OC(C)OC(F)(F)C(F)C(F)(F)F)c1. The molecule has 0 aromatic heterocycles. The Balaban J connectivity index is 2.72. The monoisotopic (exact) mass is 314 g/mol. The Labute approximate surface area is 117 Å². The third kappa shape index (κ3) is 4.96. The molecule has 0 saturated carbocycles. The van der Waals surface area contributed by atoms with Gasteiger partial charge in [-0.25, -0.2) is 4.39 Å². The standard InChI is InChI=1S/C13H12F6O2/c1-3-9-5-4-6-10(7-9)20-8(2)21-13(18,19)11(14)12(15,16)17/h3-8,11H,1H2,2H3. The average Bonchev–Trinajstić information content (AvgIpc) is 2.36. The molecule has 0 aliphatic heterocycles. The second-order valence-corrected chi connectivity index (χ2v) is 4.05. The van der Waals surface area contributed by atoms with Crippen molar-refractivity contribution in [2.75, 3.05) is 0 Å². The van der Waals surface area contributed by atoms with E-state index in [1.807, 2.05) is 0 Å². The van der Waals surface area contributed by atoms with Crippen molar-refractivity contribution < 1.29 is 35.8 Å². The number of benzene rings is 1. The molecule has 0 fully saturated rings. The van der Waals surface area contributed by atoms with Crippen molar-refractivity contribution in [1.82, 2.24) is 0 Å². The molecule has 2 nitrogen and oxygen atoms in total. The number of hydrogen-bond acceptors (Lipinski definition) is 2. The van der Waals surface area contributed by atoms with Crippen LogP contribution in [0.4, 0.5) is 26.3 Å². The predicted octanol–water partition coefficient (Wildman–Crippen LogP) is 4.56. The van der Waals surface area contributed by atoms with E-state index < -0.39 is 24.7 Å². The van der Waals surface area contributed by atoms with Gasteiger partial charge in [0.2, 0.25) is 6.29 Å². The van der Waals surface area contributed by atoms with Crippen LogP contribution in [0.1, 0.15) is 12.5 Å². The van der Waals surface area contributed by atoms with E-state index in [2.05, 4.69) is 11.3 Å². The highest BCUT2D eigenvalue weighted by molar-refractivity contribution is 5.49. The maximum Gasteiger partial charge on any atom is 0.428 e. The number of rotatable bonds is 6. The summed E-state index contributed by atoms with van der Waals surface area (Å²) in [6.45, 7) is 4.41. The Kier molecular flexibility index (Phi) is 5.27. The number of hydrogen-bond donors (Lipinski definition) is 0. The van der Waals surface area contributed by atoms with Crippen LogP contribution in [-0.4, -0.2) is 24.7 Å². The largest absolute Gasteiger partial charge is 0.465 e. The van der Waals surface area contributed by atoms with Crippen LogP contribution < -0.4 is 4.74 Å². The molecule has 0 amide bonds. The summed E-state index contributed by atoms with van der Waals surface area (Å²) in [7, 11) is 0. The molecule has 0 saturated heterocycles. The highest BCUT2D eigenvalue weighted by Gasteiger charge is 2.59. The van der Waals surface area contributed by atoms with Gasteiger partial charge >= 0.3 is 12.3 Å². The van der Waals surface area contributed by atoms with Gasteiger partial charge in [-0.15, -0.1) is 0 Å². The first-order valence-corrected chi connectivity index (χ1v) is 5.72. The van der Waals surface area contributed by atoms with E-state index in [1.165, 1.54) is 24.3 Å². The van der Waals surface area contributed by atoms with Crippen LogP contribution in [0.2, 0.25) is 0 Å². The fourth-order valence-corrected chi connectivity index (χ4v) is 1.40. The van der Waals surface area contributed by atoms with Crippen molar-refractivity contribution in [3.63, 3.8) is 0 Å². The van der Waals surface area contributed by atoms with Crippen molar-refractivity contribution >= 4 is 6.08 Å². The van der Waals surface area contributed by atoms with Gasteiger partial charge in [0.15, 0.2) is 0 Å². The number of alkyl halides is 6. The summed E-state index contributed by atoms with van der Waals surface area (Å²) >= 11 is 0. The van der Waals surface area contributed by atoms with Crippen molar-refractivity contribution in [3.05, 3.63) is 36.4 Å². The maximum absolute atomic E-state index is 13.0. The Morgan fingerprint density at radius 3 is 2.33 bits per heavy atom. The molecular formula is C13H12F6O2. The van der Waals surface area contributed by atoms with Crippen LogP contribution in [0, 0.1) is 0 Å². The topological polar surface area (TPSA) is 18.5 Å². The lowest BCUT2D eigenvalue weighted by Crippen LogP contribution is -2.46. The number of ether oxygens (including phenoxy) is 2. The van der Waals surface area contributed by atoms with Crippen LogP contribution in [0.15, 0.2) is 30.8 Å². The van der Waals surface area contributed by atoms with E-state index in [9.17, 15) is 26.3 Å². The third-order valence-corrected chi connectivity index (χ3v) is 2.30. The van der Waals surface area contributed by atoms with E-state index in [1.54, 1.807) is 6.07 Å². The summed E-state index contributed by atoms with van der Waals surface area (Å²) in [5, 5.41) is 0. The molecule has 0 radical (unpaired) electrons. The fraction of sp³-hybridized carbons (Fsp3) is 0.385. The molecule has 0 N–H and O–H groups in total. The van der Waals surface area contributed by atoms with Gasteiger partial charge in [0.05, 0.1) is 0 Å². The minimum atomic E-state index is -5.73. The lowest BCUT2D eigenvalue weighted by Gasteiger charge is -2.25. The first-order valence-electron chi connectivity index (χ1n) is 5.72. The second-order valence-electron chi connectivity index (χ2n) is 4.05. The minimum Gasteiger partial charge on any atom is -0.465 e. The molecule has 118 valence electrons. The van der Waals surface area contributed by atoms with Crippen molar-refractivity contribution in [3.8, 4) is 5.75 Å². The Morgan fingerprint density at radius 2 is 1.81 bits per heavy atom. The summed E-state index contributed by atoms with van der Waals surface area (Å²) in [4.78, 5) is 0. The fourth-order valence-electron chi connectivity index (χ4n) is 1.40. The Morgan fingerprint density at radius 1 is 1.19 bits per heavy atom. The first-order chi connectivity index (χ1) is 9.56. The molecule has 0 spiro atoms. The third-order valence-electron chi connectivity index (χ3n) is 2.30. The molecule has 21 heavy (non-hydrogen) atoms. The molecule has 0 aliphatic carbocycles. The Bertz CT molecular complexity index is 486. The summed E-state index contributed by atoms with van der Waals surface area (Å²) in [5.41, 5.74) is 0.602. The average molecular weight is 314 g/mol. The lowest BCUT2D eigenvalue weighted by atomic mass is 10.2. The van der Waals surface area contributed by atoms with Gasteiger partial charge < -0.3 is 4.74 Å². The van der Waals surface area contributed by atoms with Crippen LogP contribution in [0.25, 0.3) is 6.08 Å². The lowest BCUT2D eigenvalue weighted by molar-refractivity contribution is -0.363. The predicted molar refractivity (Wildman–Crippen MR) is 63.6 cm³/mol. The summed E-state index contributed by atoms with van der Waals surface area (Å²) in [6, 6.07) is 5.94. The van der Waals surface area contributed by atoms with Gasteiger partial charge in [0, 0.05) is 0 Å². The van der Waals surface area contributed by atoms with E-state index in [-0.39, 0.29) is 5.75 Å². The molecule has 1 rings (SSSR count). The highest BCUT2D eigenvalue weighted by Crippen LogP contribution is 2.36. The van der Waals surface area contributed by atoms with Crippen molar-refractivity contribution in [2.45, 2.75) is 31.7 Å². The zero-order chi connectivity index (χ0) is 16.3. The van der Waals surface area contributed by atoms with Crippen molar-refractivity contribution in [2.24, 2.45) is 0 Å². The van der Waals surface area contributed by atoms with Gasteiger partial charge in [-0.05, 0) is 24.6 Å². The zero-order valence-electron chi connectivity index (χ0n) is 10.8. The van der Waals surface area contributed by atoms with E-state index >= 15 is 0 Å². The molecule has 1 aromatic rings. The minimum absolute atomic E-state index is 0.0677. The molecule has 2 unspecified atom stereocenters. The second kappa shape index (κ2) is 6.38. The van der Waals surface area contributed by atoms with Gasteiger partial charge in [0.25, 0.3) is 6.17 Å². The van der Waals surface area contributed by atoms with E-state index in [0.29, 0.717) is 5.56 Å². The van der Waals surface area contributed by atoms with E-state index in [0.717, 1.165) is 6.92 Å².